The van der Waals surface area contributed by atoms with Gasteiger partial charge in [0.05, 0.1) is 5.70 Å². The molecule has 0 fully saturated rings. The number of allylic oxidation sites excluding steroid dienone is 2. The quantitative estimate of drug-likeness (QED) is 0.644. The van der Waals surface area contributed by atoms with Gasteiger partial charge >= 0.3 is 0 Å². The van der Waals surface area contributed by atoms with Crippen molar-refractivity contribution in [3.05, 3.63) is 11.5 Å². The van der Waals surface area contributed by atoms with E-state index in [1.165, 1.54) is 0 Å². The maximum atomic E-state index is 11.2. The van der Waals surface area contributed by atoms with Crippen molar-refractivity contribution in [1.29, 1.82) is 0 Å². The third-order valence-electron chi connectivity index (χ3n) is 1.94. The minimum atomic E-state index is -0.354. The van der Waals surface area contributed by atoms with Crippen LogP contribution in [-0.4, -0.2) is 12.0 Å². The van der Waals surface area contributed by atoms with E-state index in [1.54, 1.807) is 6.92 Å². The zero-order valence-corrected chi connectivity index (χ0v) is 7.97. The van der Waals surface area contributed by atoms with Gasteiger partial charge in [-0.15, -0.1) is 0 Å². The Morgan fingerprint density at radius 2 is 2.08 bits per heavy atom. The first-order valence-electron chi connectivity index (χ1n) is 4.20. The van der Waals surface area contributed by atoms with Crippen molar-refractivity contribution in [2.24, 2.45) is 5.92 Å². The predicted molar refractivity (Wildman–Crippen MR) is 46.2 cm³/mol. The van der Waals surface area contributed by atoms with Gasteiger partial charge in [0.15, 0.2) is 6.10 Å². The minimum Gasteiger partial charge on any atom is -0.484 e. The lowest BCUT2D eigenvalue weighted by Gasteiger charge is -2.26. The number of nitrogens with one attached hydrogen (secondary N) is 1. The summed E-state index contributed by atoms with van der Waals surface area (Å²) < 4.78 is 5.34. The van der Waals surface area contributed by atoms with Crippen LogP contribution in [0.1, 0.15) is 27.7 Å². The van der Waals surface area contributed by atoms with Crippen LogP contribution in [-0.2, 0) is 9.53 Å². The van der Waals surface area contributed by atoms with Crippen LogP contribution >= 0.6 is 0 Å². The molecule has 0 spiro atoms. The number of rotatable bonds is 1. The van der Waals surface area contributed by atoms with Crippen molar-refractivity contribution in [3.63, 3.8) is 0 Å². The third kappa shape index (κ3) is 1.60. The second-order valence-electron chi connectivity index (χ2n) is 3.37. The molecule has 1 amide bonds. The van der Waals surface area contributed by atoms with Gasteiger partial charge in [0.25, 0.3) is 5.91 Å². The van der Waals surface area contributed by atoms with Crippen LogP contribution in [0.4, 0.5) is 0 Å². The van der Waals surface area contributed by atoms with Crippen LogP contribution in [0.5, 0.6) is 0 Å². The summed E-state index contributed by atoms with van der Waals surface area (Å²) in [6.45, 7) is 7.68. The first-order chi connectivity index (χ1) is 5.52. The number of carbonyl (C=O) groups excluding carboxylic acids is 1. The average molecular weight is 169 g/mol. The molecule has 0 unspecified atom stereocenters. The van der Waals surface area contributed by atoms with Crippen molar-refractivity contribution in [1.82, 2.24) is 5.32 Å². The molecular formula is C9H15NO2. The van der Waals surface area contributed by atoms with E-state index in [9.17, 15) is 4.79 Å². The fourth-order valence-electron chi connectivity index (χ4n) is 1.26. The number of hydrogen-bond donors (Lipinski definition) is 1. The average Bonchev–Trinajstić information content (AvgIpc) is 1.96. The molecule has 1 aliphatic heterocycles. The van der Waals surface area contributed by atoms with Gasteiger partial charge in [-0.3, -0.25) is 4.79 Å². The van der Waals surface area contributed by atoms with Gasteiger partial charge in [0.1, 0.15) is 5.76 Å². The molecule has 0 aromatic rings. The Morgan fingerprint density at radius 1 is 1.50 bits per heavy atom. The molecule has 0 aliphatic carbocycles. The van der Waals surface area contributed by atoms with Gasteiger partial charge < -0.3 is 10.1 Å². The van der Waals surface area contributed by atoms with E-state index in [0.29, 0.717) is 5.92 Å². The highest BCUT2D eigenvalue weighted by atomic mass is 16.5. The van der Waals surface area contributed by atoms with Crippen molar-refractivity contribution >= 4 is 5.91 Å². The van der Waals surface area contributed by atoms with Crippen LogP contribution in [0.15, 0.2) is 11.5 Å². The molecule has 1 heterocycles. The van der Waals surface area contributed by atoms with Gasteiger partial charge in [0, 0.05) is 0 Å². The molecule has 0 saturated carbocycles. The first kappa shape index (κ1) is 9.10. The van der Waals surface area contributed by atoms with E-state index >= 15 is 0 Å². The molecule has 3 heteroatoms. The standard InChI is InChI=1S/C9H15NO2/c1-5(2)8-6(3)12-7(4)9(11)10-8/h5,7H,1-4H3,(H,10,11)/t7-/m0/s1. The monoisotopic (exact) mass is 169 g/mol. The Morgan fingerprint density at radius 3 is 2.58 bits per heavy atom. The molecule has 12 heavy (non-hydrogen) atoms. The molecule has 0 bridgehead atoms. The Labute approximate surface area is 72.8 Å². The normalized spacial score (nSPS) is 24.1. The van der Waals surface area contributed by atoms with Crippen LogP contribution in [0.2, 0.25) is 0 Å². The van der Waals surface area contributed by atoms with Crippen LogP contribution in [0.25, 0.3) is 0 Å². The van der Waals surface area contributed by atoms with Gasteiger partial charge in [-0.1, -0.05) is 13.8 Å². The number of amides is 1. The second-order valence-corrected chi connectivity index (χ2v) is 3.37. The molecule has 1 aliphatic rings. The minimum absolute atomic E-state index is 0.0516. The topological polar surface area (TPSA) is 38.3 Å². The van der Waals surface area contributed by atoms with Crippen molar-refractivity contribution in [2.75, 3.05) is 0 Å². The van der Waals surface area contributed by atoms with E-state index in [0.717, 1.165) is 11.5 Å². The zero-order chi connectivity index (χ0) is 9.30. The summed E-state index contributed by atoms with van der Waals surface area (Å²) in [6.07, 6.45) is -0.354. The van der Waals surface area contributed by atoms with E-state index < -0.39 is 0 Å². The summed E-state index contributed by atoms with van der Waals surface area (Å²) in [5.74, 6) is 1.09. The Bertz CT molecular complexity index is 231. The summed E-state index contributed by atoms with van der Waals surface area (Å²) in [4.78, 5) is 11.2. The van der Waals surface area contributed by atoms with Gasteiger partial charge in [-0.25, -0.2) is 0 Å². The second kappa shape index (κ2) is 3.17. The van der Waals surface area contributed by atoms with Crippen LogP contribution < -0.4 is 5.32 Å². The molecule has 0 aromatic carbocycles. The van der Waals surface area contributed by atoms with Gasteiger partial charge in [0.2, 0.25) is 0 Å². The SMILES string of the molecule is CC1=C(C(C)C)NC(=O)[C@H](C)O1. The predicted octanol–water partition coefficient (Wildman–Crippen LogP) is 1.41. The summed E-state index contributed by atoms with van der Waals surface area (Å²) >= 11 is 0. The molecule has 0 aromatic heterocycles. The lowest BCUT2D eigenvalue weighted by Crippen LogP contribution is -2.40. The maximum absolute atomic E-state index is 11.2. The highest BCUT2D eigenvalue weighted by Crippen LogP contribution is 2.18. The fourth-order valence-corrected chi connectivity index (χ4v) is 1.26. The summed E-state index contributed by atoms with van der Waals surface area (Å²) in [5, 5.41) is 2.83. The molecule has 68 valence electrons. The van der Waals surface area contributed by atoms with Gasteiger partial charge in [-0.05, 0) is 19.8 Å². The lowest BCUT2D eigenvalue weighted by molar-refractivity contribution is -0.130. The zero-order valence-electron chi connectivity index (χ0n) is 7.97. The maximum Gasteiger partial charge on any atom is 0.264 e. The molecule has 0 radical (unpaired) electrons. The molecule has 1 rings (SSSR count). The molecule has 1 N–H and O–H groups in total. The first-order valence-corrected chi connectivity index (χ1v) is 4.20. The largest absolute Gasteiger partial charge is 0.484 e. The van der Waals surface area contributed by atoms with Crippen LogP contribution in [0.3, 0.4) is 0 Å². The summed E-state index contributed by atoms with van der Waals surface area (Å²) in [7, 11) is 0. The van der Waals surface area contributed by atoms with Crippen molar-refractivity contribution in [3.8, 4) is 0 Å². The van der Waals surface area contributed by atoms with E-state index in [4.69, 9.17) is 4.74 Å². The molecule has 0 saturated heterocycles. The number of ether oxygens (including phenoxy) is 1. The number of hydrogen-bond acceptors (Lipinski definition) is 2. The van der Waals surface area contributed by atoms with Crippen molar-refractivity contribution in [2.45, 2.75) is 33.8 Å². The van der Waals surface area contributed by atoms with E-state index in [-0.39, 0.29) is 12.0 Å². The smallest absolute Gasteiger partial charge is 0.264 e. The Kier molecular flexibility index (Phi) is 2.40. The summed E-state index contributed by atoms with van der Waals surface area (Å²) in [6, 6.07) is 0. The number of carbonyl (C=O) groups is 1. The fraction of sp³-hybridized carbons (Fsp3) is 0.667. The molecular weight excluding hydrogens is 154 g/mol. The van der Waals surface area contributed by atoms with E-state index in [1.807, 2.05) is 20.8 Å². The summed E-state index contributed by atoms with van der Waals surface area (Å²) in [5.41, 5.74) is 0.901. The highest BCUT2D eigenvalue weighted by Gasteiger charge is 2.24. The van der Waals surface area contributed by atoms with Gasteiger partial charge in [-0.2, -0.15) is 0 Å². The van der Waals surface area contributed by atoms with Crippen LogP contribution in [0, 0.1) is 5.92 Å². The molecule has 1 atom stereocenters. The lowest BCUT2D eigenvalue weighted by atomic mass is 10.1. The molecule has 3 nitrogen and oxygen atoms in total. The Balaban J connectivity index is 2.85. The van der Waals surface area contributed by atoms with E-state index in [2.05, 4.69) is 5.32 Å². The Hall–Kier alpha value is -0.990. The third-order valence-corrected chi connectivity index (χ3v) is 1.94. The van der Waals surface area contributed by atoms with Crippen molar-refractivity contribution < 1.29 is 9.53 Å². The highest BCUT2D eigenvalue weighted by molar-refractivity contribution is 5.83.